The molecule has 0 aromatic heterocycles. The molecule has 1 aromatic carbocycles. The SMILES string of the molecule is Nc1cc(CS(=O)O)cc(N2CCC(O)CC2)c1. The van der Waals surface area contributed by atoms with Gasteiger partial charge >= 0.3 is 0 Å². The molecule has 1 saturated heterocycles. The number of aliphatic hydroxyl groups is 1. The van der Waals surface area contributed by atoms with Crippen LogP contribution in [0.25, 0.3) is 0 Å². The molecule has 1 unspecified atom stereocenters. The number of hydrogen-bond acceptors (Lipinski definition) is 4. The van der Waals surface area contributed by atoms with E-state index in [1.54, 1.807) is 6.07 Å². The summed E-state index contributed by atoms with van der Waals surface area (Å²) >= 11 is -1.86. The van der Waals surface area contributed by atoms with Crippen molar-refractivity contribution in [2.45, 2.75) is 24.7 Å². The van der Waals surface area contributed by atoms with Gasteiger partial charge in [0.05, 0.1) is 11.9 Å². The van der Waals surface area contributed by atoms with E-state index in [0.717, 1.165) is 37.2 Å². The van der Waals surface area contributed by atoms with E-state index in [9.17, 15) is 9.32 Å². The van der Waals surface area contributed by atoms with Crippen molar-refractivity contribution in [3.05, 3.63) is 23.8 Å². The number of benzene rings is 1. The Morgan fingerprint density at radius 1 is 1.33 bits per heavy atom. The minimum atomic E-state index is -1.86. The molecule has 100 valence electrons. The average Bonchev–Trinajstić information content (AvgIpc) is 2.28. The summed E-state index contributed by atoms with van der Waals surface area (Å²) in [5.41, 5.74) is 8.13. The van der Waals surface area contributed by atoms with Crippen LogP contribution in [0.5, 0.6) is 0 Å². The molecule has 1 heterocycles. The van der Waals surface area contributed by atoms with E-state index in [1.165, 1.54) is 0 Å². The van der Waals surface area contributed by atoms with Gasteiger partial charge in [0, 0.05) is 24.5 Å². The lowest BCUT2D eigenvalue weighted by atomic mass is 10.1. The van der Waals surface area contributed by atoms with Crippen LogP contribution in [0.15, 0.2) is 18.2 Å². The van der Waals surface area contributed by atoms with Crippen molar-refractivity contribution in [3.8, 4) is 0 Å². The van der Waals surface area contributed by atoms with Gasteiger partial charge < -0.3 is 20.3 Å². The third-order valence-electron chi connectivity index (χ3n) is 3.12. The highest BCUT2D eigenvalue weighted by molar-refractivity contribution is 7.78. The number of nitrogen functional groups attached to an aromatic ring is 1. The Balaban J connectivity index is 2.17. The third kappa shape index (κ3) is 3.44. The van der Waals surface area contributed by atoms with Crippen molar-refractivity contribution < 1.29 is 13.9 Å². The lowest BCUT2D eigenvalue weighted by Crippen LogP contribution is -2.35. The predicted molar refractivity (Wildman–Crippen MR) is 72.8 cm³/mol. The van der Waals surface area contributed by atoms with Gasteiger partial charge in [-0.05, 0) is 36.6 Å². The molecular formula is C12H18N2O3S. The quantitative estimate of drug-likeness (QED) is 0.562. The fourth-order valence-electron chi connectivity index (χ4n) is 2.23. The van der Waals surface area contributed by atoms with Crippen LogP contribution in [-0.2, 0) is 16.8 Å². The molecule has 0 aliphatic carbocycles. The lowest BCUT2D eigenvalue weighted by molar-refractivity contribution is 0.145. The highest BCUT2D eigenvalue weighted by Crippen LogP contribution is 2.24. The predicted octanol–water partition coefficient (Wildman–Crippen LogP) is 0.952. The maximum Gasteiger partial charge on any atom is 0.157 e. The Hall–Kier alpha value is -1.11. The first kappa shape index (κ1) is 13.3. The minimum Gasteiger partial charge on any atom is -0.399 e. The van der Waals surface area contributed by atoms with E-state index in [4.69, 9.17) is 10.3 Å². The molecule has 6 heteroatoms. The number of rotatable bonds is 3. The van der Waals surface area contributed by atoms with Gasteiger partial charge in [-0.25, -0.2) is 4.21 Å². The zero-order valence-corrected chi connectivity index (χ0v) is 10.9. The third-order valence-corrected chi connectivity index (χ3v) is 3.70. The van der Waals surface area contributed by atoms with Gasteiger partial charge in [0.15, 0.2) is 11.1 Å². The van der Waals surface area contributed by atoms with Gasteiger partial charge in [-0.1, -0.05) is 0 Å². The van der Waals surface area contributed by atoms with Crippen LogP contribution in [0.4, 0.5) is 11.4 Å². The molecule has 0 spiro atoms. The van der Waals surface area contributed by atoms with Crippen molar-refractivity contribution in [1.29, 1.82) is 0 Å². The number of hydrogen-bond donors (Lipinski definition) is 3. The Bertz CT molecular complexity index is 445. The molecule has 1 atom stereocenters. The molecule has 0 saturated carbocycles. The van der Waals surface area contributed by atoms with Crippen LogP contribution in [0.3, 0.4) is 0 Å². The normalized spacial score (nSPS) is 18.9. The summed E-state index contributed by atoms with van der Waals surface area (Å²) in [6.07, 6.45) is 1.28. The number of nitrogens with two attached hydrogens (primary N) is 1. The molecule has 0 amide bonds. The van der Waals surface area contributed by atoms with E-state index in [-0.39, 0.29) is 11.9 Å². The van der Waals surface area contributed by atoms with Crippen LogP contribution < -0.4 is 10.6 Å². The van der Waals surface area contributed by atoms with Gasteiger partial charge in [0.1, 0.15) is 0 Å². The molecule has 1 aliphatic rings. The second-order valence-corrected chi connectivity index (χ2v) is 5.55. The summed E-state index contributed by atoms with van der Waals surface area (Å²) in [4.78, 5) is 2.15. The fourth-order valence-corrected chi connectivity index (χ4v) is 2.68. The van der Waals surface area contributed by atoms with Crippen LogP contribution in [-0.4, -0.2) is 33.1 Å². The Labute approximate surface area is 109 Å². The first-order valence-corrected chi connectivity index (χ1v) is 7.22. The topological polar surface area (TPSA) is 86.8 Å². The largest absolute Gasteiger partial charge is 0.399 e. The van der Waals surface area contributed by atoms with Crippen molar-refractivity contribution in [3.63, 3.8) is 0 Å². The van der Waals surface area contributed by atoms with E-state index in [2.05, 4.69) is 4.90 Å². The highest BCUT2D eigenvalue weighted by atomic mass is 32.2. The monoisotopic (exact) mass is 270 g/mol. The summed E-state index contributed by atoms with van der Waals surface area (Å²) < 4.78 is 19.8. The molecule has 0 bridgehead atoms. The van der Waals surface area contributed by atoms with Gasteiger partial charge in [-0.3, -0.25) is 0 Å². The van der Waals surface area contributed by atoms with E-state index in [1.807, 2.05) is 12.1 Å². The Morgan fingerprint density at radius 2 is 2.00 bits per heavy atom. The molecule has 1 aromatic rings. The number of aliphatic hydroxyl groups excluding tert-OH is 1. The fraction of sp³-hybridized carbons (Fsp3) is 0.500. The summed E-state index contributed by atoms with van der Waals surface area (Å²) in [6.45, 7) is 1.57. The zero-order chi connectivity index (χ0) is 13.1. The maximum absolute atomic E-state index is 10.8. The van der Waals surface area contributed by atoms with Crippen molar-refractivity contribution >= 4 is 22.5 Å². The summed E-state index contributed by atoms with van der Waals surface area (Å²) in [7, 11) is 0. The van der Waals surface area contributed by atoms with E-state index >= 15 is 0 Å². The van der Waals surface area contributed by atoms with Crippen molar-refractivity contribution in [2.75, 3.05) is 23.7 Å². The van der Waals surface area contributed by atoms with Crippen molar-refractivity contribution in [2.24, 2.45) is 0 Å². The molecule has 0 radical (unpaired) electrons. The number of piperidine rings is 1. The Morgan fingerprint density at radius 3 is 2.61 bits per heavy atom. The minimum absolute atomic E-state index is 0.0918. The van der Waals surface area contributed by atoms with Gasteiger partial charge in [-0.2, -0.15) is 0 Å². The van der Waals surface area contributed by atoms with E-state index < -0.39 is 11.1 Å². The molecule has 2 rings (SSSR count). The Kier molecular flexibility index (Phi) is 4.21. The second-order valence-electron chi connectivity index (χ2n) is 4.62. The van der Waals surface area contributed by atoms with Crippen LogP contribution in [0.2, 0.25) is 0 Å². The summed E-state index contributed by atoms with van der Waals surface area (Å²) in [5, 5.41) is 9.48. The lowest BCUT2D eigenvalue weighted by Gasteiger charge is -2.31. The van der Waals surface area contributed by atoms with Crippen LogP contribution in [0.1, 0.15) is 18.4 Å². The standard InChI is InChI=1S/C12H18N2O3S/c13-10-5-9(8-18(16)17)6-11(7-10)14-3-1-12(15)2-4-14/h5-7,12,15H,1-4,8,13H2,(H,16,17). The highest BCUT2D eigenvalue weighted by Gasteiger charge is 2.17. The summed E-state index contributed by atoms with van der Waals surface area (Å²) in [5.74, 6) is 0.0918. The van der Waals surface area contributed by atoms with Crippen molar-refractivity contribution in [1.82, 2.24) is 0 Å². The van der Waals surface area contributed by atoms with Gasteiger partial charge in [-0.15, -0.1) is 0 Å². The first-order valence-electron chi connectivity index (χ1n) is 5.94. The van der Waals surface area contributed by atoms with Gasteiger partial charge in [0.2, 0.25) is 0 Å². The van der Waals surface area contributed by atoms with Crippen LogP contribution in [0, 0.1) is 0 Å². The average molecular weight is 270 g/mol. The molecule has 1 fully saturated rings. The molecular weight excluding hydrogens is 252 g/mol. The van der Waals surface area contributed by atoms with E-state index in [0.29, 0.717) is 5.69 Å². The zero-order valence-electron chi connectivity index (χ0n) is 10.1. The number of anilines is 2. The summed E-state index contributed by atoms with van der Waals surface area (Å²) in [6, 6.07) is 5.47. The second kappa shape index (κ2) is 5.69. The smallest absolute Gasteiger partial charge is 0.157 e. The molecule has 5 nitrogen and oxygen atoms in total. The maximum atomic E-state index is 10.8. The number of nitrogens with zero attached hydrogens (tertiary/aromatic N) is 1. The van der Waals surface area contributed by atoms with Crippen LogP contribution >= 0.6 is 0 Å². The van der Waals surface area contributed by atoms with Gasteiger partial charge in [0.25, 0.3) is 0 Å². The molecule has 4 N–H and O–H groups in total. The molecule has 18 heavy (non-hydrogen) atoms. The molecule has 1 aliphatic heterocycles. The first-order chi connectivity index (χ1) is 8.54.